The number of carbonyl (C=O) groups is 2. The van der Waals surface area contributed by atoms with Gasteiger partial charge in [0.2, 0.25) is 6.04 Å². The van der Waals surface area contributed by atoms with Crippen LogP contribution >= 0.6 is 0 Å². The second-order valence-electron chi connectivity index (χ2n) is 8.35. The van der Waals surface area contributed by atoms with E-state index < -0.39 is 65.3 Å². The maximum Gasteiger partial charge on any atom is 1.00 e. The van der Waals surface area contributed by atoms with Crippen molar-refractivity contribution in [1.29, 1.82) is 0 Å². The van der Waals surface area contributed by atoms with Gasteiger partial charge in [0.1, 0.15) is 27.3 Å². The summed E-state index contributed by atoms with van der Waals surface area (Å²) in [7, 11) is -11.4. The fourth-order valence-electron chi connectivity index (χ4n) is 3.43. The monoisotopic (exact) mass is 677 g/mol. The van der Waals surface area contributed by atoms with Gasteiger partial charge >= 0.3 is 40.0 Å². The first-order chi connectivity index (χ1) is 18.8. The Morgan fingerprint density at radius 3 is 1.98 bits per heavy atom. The van der Waals surface area contributed by atoms with Crippen LogP contribution in [0.3, 0.4) is 0 Å². The zero-order valence-corrected chi connectivity index (χ0v) is 28.7. The molecule has 0 fully saturated rings. The molecule has 0 saturated heterocycles. The van der Waals surface area contributed by atoms with Crippen molar-refractivity contribution in [3.05, 3.63) is 35.4 Å². The van der Waals surface area contributed by atoms with Gasteiger partial charge in [-0.05, 0) is 44.0 Å². The summed E-state index contributed by atoms with van der Waals surface area (Å²) in [6, 6.07) is 2.70. The van der Waals surface area contributed by atoms with Gasteiger partial charge in [-0.25, -0.2) is 21.0 Å². The molecular formula is C22H30N4NaO13S3+. The van der Waals surface area contributed by atoms with Crippen molar-refractivity contribution in [3.63, 3.8) is 0 Å². The van der Waals surface area contributed by atoms with Crippen molar-refractivity contribution in [3.8, 4) is 11.5 Å². The fourth-order valence-corrected chi connectivity index (χ4v) is 5.90. The first kappa shape index (κ1) is 40.5. The predicted molar refractivity (Wildman–Crippen MR) is 147 cm³/mol. The Labute approximate surface area is 270 Å². The van der Waals surface area contributed by atoms with Crippen molar-refractivity contribution in [2.75, 3.05) is 31.9 Å². The molecule has 0 aliphatic carbocycles. The van der Waals surface area contributed by atoms with E-state index in [0.29, 0.717) is 0 Å². The van der Waals surface area contributed by atoms with E-state index in [4.69, 9.17) is 14.0 Å². The standard InChI is InChI=1S/C22H27N3O13S3.H3N.Na/c1-12-9-16(18(37-5)10-19(12)39(28,29)7-6-38-41(33,34)35)24-25-21(14(3)26)22(27)23-15-8-13(2)20(40(30,31)32)11-17(15)36-4;;/h8-11,21H,6-7H2,1-5H3,(H,23,27)(H,30,31,32)(H,33,34,35);1H3;/q;;+1. The first-order valence-electron chi connectivity index (χ1n) is 11.2. The van der Waals surface area contributed by atoms with Gasteiger partial charge < -0.3 is 25.5 Å². The Hall–Kier alpha value is -2.53. The quantitative estimate of drug-likeness (QED) is 0.0981. The van der Waals surface area contributed by atoms with E-state index in [1.54, 1.807) is 0 Å². The summed E-state index contributed by atoms with van der Waals surface area (Å²) in [5.74, 6) is -2.81. The second-order valence-corrected chi connectivity index (χ2v) is 12.9. The Morgan fingerprint density at radius 2 is 1.49 bits per heavy atom. The first-order valence-corrected chi connectivity index (χ1v) is 15.6. The van der Waals surface area contributed by atoms with E-state index in [1.165, 1.54) is 40.2 Å². The van der Waals surface area contributed by atoms with Crippen molar-refractivity contribution >= 4 is 53.4 Å². The SMILES string of the molecule is COc1cc(S(=O)(=O)CCOS(=O)(=O)O)c(C)cc1N=NC(C(C)=O)C(=O)Nc1cc(C)c(S(=O)(=O)[O-])cc1OC.[NH4+].[Na+]. The number of anilines is 1. The van der Waals surface area contributed by atoms with Crippen molar-refractivity contribution < 1.29 is 87.2 Å². The largest absolute Gasteiger partial charge is 1.00 e. The maximum atomic E-state index is 12.9. The van der Waals surface area contributed by atoms with E-state index in [0.717, 1.165) is 19.1 Å². The van der Waals surface area contributed by atoms with Crippen LogP contribution in [0.5, 0.6) is 11.5 Å². The minimum absolute atomic E-state index is 0. The Bertz CT molecular complexity index is 1710. The molecule has 0 heterocycles. The number of methoxy groups -OCH3 is 2. The van der Waals surface area contributed by atoms with Gasteiger partial charge in [0.05, 0.1) is 42.1 Å². The number of aryl methyl sites for hydroxylation is 2. The van der Waals surface area contributed by atoms with Gasteiger partial charge in [-0.3, -0.25) is 14.1 Å². The summed E-state index contributed by atoms with van der Waals surface area (Å²) in [6.07, 6.45) is 0. The smallest absolute Gasteiger partial charge is 0.744 e. The maximum absolute atomic E-state index is 12.9. The van der Waals surface area contributed by atoms with Crippen LogP contribution in [0.15, 0.2) is 44.3 Å². The molecule has 21 heteroatoms. The zero-order valence-electron chi connectivity index (χ0n) is 24.3. The van der Waals surface area contributed by atoms with Crippen LogP contribution in [-0.2, 0) is 44.1 Å². The summed E-state index contributed by atoms with van der Waals surface area (Å²) >= 11 is 0. The number of hydrogen-bond acceptors (Lipinski definition) is 14. The number of carbonyl (C=O) groups excluding carboxylic acids is 2. The molecule has 0 radical (unpaired) electrons. The number of amides is 1. The molecule has 234 valence electrons. The number of rotatable bonds is 13. The molecule has 17 nitrogen and oxygen atoms in total. The molecule has 0 spiro atoms. The average molecular weight is 678 g/mol. The van der Waals surface area contributed by atoms with E-state index >= 15 is 0 Å². The molecule has 2 aromatic carbocycles. The van der Waals surface area contributed by atoms with Gasteiger partial charge in [0, 0.05) is 12.1 Å². The number of nitrogens with zero attached hydrogens (tertiary/aromatic N) is 2. The zero-order chi connectivity index (χ0) is 31.3. The summed E-state index contributed by atoms with van der Waals surface area (Å²) in [5, 5.41) is 10.0. The molecule has 0 aliphatic rings. The van der Waals surface area contributed by atoms with Gasteiger partial charge in [-0.15, -0.1) is 0 Å². The van der Waals surface area contributed by atoms with Crippen molar-refractivity contribution in [2.24, 2.45) is 10.2 Å². The topological polar surface area (TPSA) is 281 Å². The second kappa shape index (κ2) is 16.0. The third-order valence-electron chi connectivity index (χ3n) is 5.33. The molecule has 0 saturated carbocycles. The molecular weight excluding hydrogens is 647 g/mol. The molecule has 1 unspecified atom stereocenters. The van der Waals surface area contributed by atoms with Gasteiger partial charge in [-0.1, -0.05) is 0 Å². The van der Waals surface area contributed by atoms with Crippen LogP contribution in [0.2, 0.25) is 0 Å². The molecule has 43 heavy (non-hydrogen) atoms. The predicted octanol–water partition coefficient (Wildman–Crippen LogP) is -1.12. The van der Waals surface area contributed by atoms with Crippen molar-refractivity contribution in [2.45, 2.75) is 36.6 Å². The minimum atomic E-state index is -4.84. The van der Waals surface area contributed by atoms with Crippen LogP contribution in [0.1, 0.15) is 18.1 Å². The van der Waals surface area contributed by atoms with Crippen LogP contribution in [0, 0.1) is 13.8 Å². The Kier molecular flexibility index (Phi) is 15.0. The number of Topliss-reactive ketones (excluding diaryl/α,β-unsaturated/α-hetero) is 1. The number of azo groups is 1. The number of nitrogens with one attached hydrogen (secondary N) is 1. The Balaban J connectivity index is 0.00000882. The number of sulfone groups is 1. The molecule has 1 atom stereocenters. The van der Waals surface area contributed by atoms with E-state index in [2.05, 4.69) is 19.7 Å². The molecule has 1 amide bonds. The van der Waals surface area contributed by atoms with Crippen LogP contribution < -0.4 is 50.5 Å². The number of hydrogen-bond donors (Lipinski definition) is 3. The molecule has 0 aromatic heterocycles. The van der Waals surface area contributed by atoms with Gasteiger partial charge in [0.15, 0.2) is 15.6 Å². The average Bonchev–Trinajstić information content (AvgIpc) is 2.82. The molecule has 6 N–H and O–H groups in total. The van der Waals surface area contributed by atoms with Gasteiger partial charge in [-0.2, -0.15) is 18.6 Å². The summed E-state index contributed by atoms with van der Waals surface area (Å²) in [4.78, 5) is 24.3. The number of ketones is 1. The molecule has 0 bridgehead atoms. The van der Waals surface area contributed by atoms with Crippen molar-refractivity contribution in [1.82, 2.24) is 6.15 Å². The molecule has 0 aliphatic heterocycles. The summed E-state index contributed by atoms with van der Waals surface area (Å²) in [6.45, 7) is 2.93. The van der Waals surface area contributed by atoms with E-state index in [1.807, 2.05) is 0 Å². The fraction of sp³-hybridized carbons (Fsp3) is 0.364. The Morgan fingerprint density at radius 1 is 0.953 bits per heavy atom. The molecule has 2 rings (SSSR count). The number of ether oxygens (including phenoxy) is 2. The van der Waals surface area contributed by atoms with E-state index in [-0.39, 0.29) is 74.6 Å². The normalized spacial score (nSPS) is 12.5. The molecule has 2 aromatic rings. The van der Waals surface area contributed by atoms with Crippen LogP contribution in [-0.4, -0.2) is 78.7 Å². The minimum Gasteiger partial charge on any atom is -0.744 e. The number of quaternary nitrogens is 1. The summed E-state index contributed by atoms with van der Waals surface area (Å²) < 4.78 is 104. The third-order valence-corrected chi connectivity index (χ3v) is 8.59. The van der Waals surface area contributed by atoms with E-state index in [9.17, 15) is 39.4 Å². The van der Waals surface area contributed by atoms with Crippen LogP contribution in [0.4, 0.5) is 11.4 Å². The number of benzene rings is 2. The van der Waals surface area contributed by atoms with Crippen LogP contribution in [0.25, 0.3) is 0 Å². The summed E-state index contributed by atoms with van der Waals surface area (Å²) in [5.41, 5.74) is 0.0291. The van der Waals surface area contributed by atoms with Gasteiger partial charge in [0.25, 0.3) is 5.91 Å². The third kappa shape index (κ3) is 11.2.